The zero-order valence-corrected chi connectivity index (χ0v) is 16.0. The first-order valence-electron chi connectivity index (χ1n) is 8.92. The minimum atomic E-state index is -3.03. The molecule has 140 valence electrons. The Labute approximate surface area is 152 Å². The molecule has 2 aliphatic rings. The molecule has 2 atom stereocenters. The maximum atomic E-state index is 12.4. The molecule has 2 aliphatic heterocycles. The summed E-state index contributed by atoms with van der Waals surface area (Å²) in [7, 11) is -3.03. The number of sulfone groups is 1. The Morgan fingerprint density at radius 3 is 2.73 bits per heavy atom. The van der Waals surface area contributed by atoms with Gasteiger partial charge in [-0.2, -0.15) is 10.2 Å². The Balaban J connectivity index is 1.81. The fourth-order valence-corrected chi connectivity index (χ4v) is 5.88. The molecule has 0 radical (unpaired) electrons. The first-order valence-corrected chi connectivity index (χ1v) is 10.7. The van der Waals surface area contributed by atoms with Gasteiger partial charge in [0.25, 0.3) is 0 Å². The van der Waals surface area contributed by atoms with E-state index >= 15 is 0 Å². The predicted molar refractivity (Wildman–Crippen MR) is 97.0 cm³/mol. The first kappa shape index (κ1) is 17.3. The molecule has 0 bridgehead atoms. The van der Waals surface area contributed by atoms with Crippen molar-refractivity contribution in [2.24, 2.45) is 0 Å². The third-order valence-electron chi connectivity index (χ3n) is 5.50. The van der Waals surface area contributed by atoms with Crippen molar-refractivity contribution in [1.29, 1.82) is 0 Å². The van der Waals surface area contributed by atoms with Crippen LogP contribution in [0.25, 0.3) is 0 Å². The summed E-state index contributed by atoms with van der Waals surface area (Å²) < 4.78 is 27.4. The lowest BCUT2D eigenvalue weighted by molar-refractivity contribution is -0.116. The Bertz CT molecular complexity index is 988. The Kier molecular flexibility index (Phi) is 3.94. The van der Waals surface area contributed by atoms with Crippen LogP contribution in [0.3, 0.4) is 0 Å². The van der Waals surface area contributed by atoms with E-state index in [4.69, 9.17) is 0 Å². The molecule has 2 aromatic rings. The van der Waals surface area contributed by atoms with Crippen molar-refractivity contribution in [3.63, 3.8) is 0 Å². The van der Waals surface area contributed by atoms with Crippen molar-refractivity contribution in [3.8, 4) is 0 Å². The fraction of sp³-hybridized carbons (Fsp3) is 0.588. The molecule has 9 heteroatoms. The minimum absolute atomic E-state index is 0.0758. The average molecular weight is 377 g/mol. The molecule has 0 aliphatic carbocycles. The largest absolute Gasteiger partial charge is 0.311 e. The van der Waals surface area contributed by atoms with Gasteiger partial charge in [-0.3, -0.25) is 9.48 Å². The molecular formula is C17H23N5O3S. The van der Waals surface area contributed by atoms with Crippen molar-refractivity contribution in [2.75, 3.05) is 16.8 Å². The molecule has 8 nitrogen and oxygen atoms in total. The Morgan fingerprint density at radius 2 is 2.12 bits per heavy atom. The van der Waals surface area contributed by atoms with Gasteiger partial charge in [0.15, 0.2) is 9.84 Å². The molecule has 2 aromatic heterocycles. The number of nitrogens with one attached hydrogen (secondary N) is 1. The number of nitrogens with zero attached hydrogens (tertiary/aromatic N) is 4. The summed E-state index contributed by atoms with van der Waals surface area (Å²) in [5.41, 5.74) is 3.89. The maximum absolute atomic E-state index is 12.4. The topological polar surface area (TPSA) is 98.9 Å². The molecule has 0 aromatic carbocycles. The number of hydrogen-bond donors (Lipinski definition) is 1. The molecule has 0 spiro atoms. The molecule has 1 amide bonds. The molecule has 1 saturated heterocycles. The summed E-state index contributed by atoms with van der Waals surface area (Å²) in [5.74, 6) is 0.715. The zero-order chi connectivity index (χ0) is 18.6. The van der Waals surface area contributed by atoms with Crippen LogP contribution in [0.1, 0.15) is 54.2 Å². The summed E-state index contributed by atoms with van der Waals surface area (Å²) in [6, 6.07) is -0.221. The molecule has 4 heterocycles. The molecule has 0 unspecified atom stereocenters. The third kappa shape index (κ3) is 2.65. The summed E-state index contributed by atoms with van der Waals surface area (Å²) in [6.45, 7) is 6.74. The van der Waals surface area contributed by atoms with E-state index < -0.39 is 9.84 Å². The normalized spacial score (nSPS) is 24.5. The molecule has 26 heavy (non-hydrogen) atoms. The van der Waals surface area contributed by atoms with Crippen molar-refractivity contribution in [1.82, 2.24) is 19.6 Å². The van der Waals surface area contributed by atoms with E-state index in [1.807, 2.05) is 31.6 Å². The number of hydrogen-bond acceptors (Lipinski definition) is 5. The van der Waals surface area contributed by atoms with Crippen LogP contribution in [0.2, 0.25) is 0 Å². The smallest absolute Gasteiger partial charge is 0.226 e. The van der Waals surface area contributed by atoms with Crippen LogP contribution in [0.15, 0.2) is 6.20 Å². The van der Waals surface area contributed by atoms with Crippen molar-refractivity contribution in [3.05, 3.63) is 28.7 Å². The van der Waals surface area contributed by atoms with E-state index in [0.29, 0.717) is 18.7 Å². The first-order chi connectivity index (χ1) is 12.3. The minimum Gasteiger partial charge on any atom is -0.311 e. The molecule has 1 N–H and O–H groups in total. The summed E-state index contributed by atoms with van der Waals surface area (Å²) in [4.78, 5) is 12.4. The quantitative estimate of drug-likeness (QED) is 0.875. The van der Waals surface area contributed by atoms with Crippen molar-refractivity contribution in [2.45, 2.75) is 52.1 Å². The summed E-state index contributed by atoms with van der Waals surface area (Å²) in [6.07, 6.45) is 2.71. The lowest BCUT2D eigenvalue weighted by atomic mass is 9.86. The lowest BCUT2D eigenvalue weighted by Crippen LogP contribution is -2.26. The van der Waals surface area contributed by atoms with Gasteiger partial charge in [0, 0.05) is 35.7 Å². The predicted octanol–water partition coefficient (Wildman–Crippen LogP) is 1.55. The number of fused-ring (bicyclic) bond motifs is 1. The number of aryl methyl sites for hydroxylation is 2. The zero-order valence-electron chi connectivity index (χ0n) is 15.2. The van der Waals surface area contributed by atoms with Crippen LogP contribution in [0.4, 0.5) is 5.82 Å². The van der Waals surface area contributed by atoms with E-state index in [9.17, 15) is 13.2 Å². The van der Waals surface area contributed by atoms with Gasteiger partial charge in [0.05, 0.1) is 29.4 Å². The number of aromatic nitrogens is 4. The second-order valence-electron chi connectivity index (χ2n) is 7.16. The Hall–Kier alpha value is -2.16. The number of rotatable bonds is 3. The van der Waals surface area contributed by atoms with Crippen molar-refractivity contribution >= 4 is 21.6 Å². The van der Waals surface area contributed by atoms with Crippen LogP contribution in [-0.2, 0) is 21.2 Å². The van der Waals surface area contributed by atoms with Gasteiger partial charge in [-0.05, 0) is 27.2 Å². The molecule has 4 rings (SSSR count). The Morgan fingerprint density at radius 1 is 1.35 bits per heavy atom. The van der Waals surface area contributed by atoms with Gasteiger partial charge in [-0.25, -0.2) is 13.1 Å². The van der Waals surface area contributed by atoms with Gasteiger partial charge >= 0.3 is 0 Å². The van der Waals surface area contributed by atoms with E-state index in [1.54, 1.807) is 4.68 Å². The third-order valence-corrected chi connectivity index (χ3v) is 7.25. The summed E-state index contributed by atoms with van der Waals surface area (Å²) >= 11 is 0. The maximum Gasteiger partial charge on any atom is 0.226 e. The number of carbonyl (C=O) groups is 1. The van der Waals surface area contributed by atoms with Crippen molar-refractivity contribution < 1.29 is 13.2 Å². The lowest BCUT2D eigenvalue weighted by Gasteiger charge is -2.25. The number of amides is 1. The van der Waals surface area contributed by atoms with E-state index in [0.717, 1.165) is 29.1 Å². The van der Waals surface area contributed by atoms with Crippen LogP contribution in [0.5, 0.6) is 0 Å². The van der Waals surface area contributed by atoms with Gasteiger partial charge in [-0.15, -0.1) is 0 Å². The second kappa shape index (κ2) is 5.94. The van der Waals surface area contributed by atoms with Crippen LogP contribution in [0, 0.1) is 13.8 Å². The monoisotopic (exact) mass is 377 g/mol. The molecule has 0 saturated carbocycles. The van der Waals surface area contributed by atoms with Gasteiger partial charge < -0.3 is 5.32 Å². The van der Waals surface area contributed by atoms with Crippen LogP contribution >= 0.6 is 0 Å². The van der Waals surface area contributed by atoms with E-state index in [-0.39, 0.29) is 29.4 Å². The fourth-order valence-electron chi connectivity index (χ4n) is 4.19. The number of anilines is 1. The van der Waals surface area contributed by atoms with Gasteiger partial charge in [-0.1, -0.05) is 0 Å². The van der Waals surface area contributed by atoms with E-state index in [1.165, 1.54) is 0 Å². The van der Waals surface area contributed by atoms with Gasteiger partial charge in [0.1, 0.15) is 5.82 Å². The standard InChI is InChI=1S/C17H23N5O3S/c1-4-21-11(3)14(8-18-21)13-7-15(23)19-17-16(13)10(2)20-22(17)12-5-6-26(24,25)9-12/h8,12-13H,4-7,9H2,1-3H3,(H,19,23)/t12-,13+/m0/s1. The van der Waals surface area contributed by atoms with Crippen LogP contribution < -0.4 is 5.32 Å². The van der Waals surface area contributed by atoms with Crippen LogP contribution in [-0.4, -0.2) is 45.4 Å². The second-order valence-corrected chi connectivity index (χ2v) is 9.38. The highest BCUT2D eigenvalue weighted by Crippen LogP contribution is 2.42. The molecular weight excluding hydrogens is 354 g/mol. The van der Waals surface area contributed by atoms with Gasteiger partial charge in [0.2, 0.25) is 5.91 Å². The van der Waals surface area contributed by atoms with E-state index in [2.05, 4.69) is 15.5 Å². The average Bonchev–Trinajstić information content (AvgIpc) is 3.22. The highest BCUT2D eigenvalue weighted by molar-refractivity contribution is 7.91. The highest BCUT2D eigenvalue weighted by Gasteiger charge is 2.38. The summed E-state index contributed by atoms with van der Waals surface area (Å²) in [5, 5.41) is 12.0. The SMILES string of the molecule is CCn1ncc([C@H]2CC(=O)Nc3c2c(C)nn3[C@H]2CCS(=O)(=O)C2)c1C. The highest BCUT2D eigenvalue weighted by atomic mass is 32.2. The number of carbonyl (C=O) groups excluding carboxylic acids is 1. The molecule has 1 fully saturated rings.